The molecule has 4 aromatic carbocycles. The number of ether oxygens (including phenoxy) is 1. The summed E-state index contributed by atoms with van der Waals surface area (Å²) in [6, 6.07) is 30.1. The van der Waals surface area contributed by atoms with Crippen LogP contribution < -0.4 is 20.7 Å². The molecule has 204 valence electrons. The van der Waals surface area contributed by atoms with Crippen molar-refractivity contribution >= 4 is 73.9 Å². The van der Waals surface area contributed by atoms with E-state index < -0.39 is 0 Å². The van der Waals surface area contributed by atoms with E-state index in [1.807, 2.05) is 61.5 Å². The highest BCUT2D eigenvalue weighted by Gasteiger charge is 2.19. The quantitative estimate of drug-likeness (QED) is 0.123. The predicted molar refractivity (Wildman–Crippen MR) is 173 cm³/mol. The average Bonchev–Trinajstić information content (AvgIpc) is 3.29. The molecule has 0 aliphatic carbocycles. The number of fused-ring (bicyclic) bond motifs is 3. The van der Waals surface area contributed by atoms with Crippen molar-refractivity contribution < 1.29 is 9.53 Å². The minimum atomic E-state index is -0.249. The Morgan fingerprint density at radius 3 is 2.40 bits per heavy atom. The molecule has 1 unspecified atom stereocenters. The molecule has 0 saturated heterocycles. The van der Waals surface area contributed by atoms with Gasteiger partial charge >= 0.3 is 0 Å². The highest BCUT2D eigenvalue weighted by Crippen LogP contribution is 2.32. The van der Waals surface area contributed by atoms with Crippen LogP contribution in [0.2, 0.25) is 0 Å². The van der Waals surface area contributed by atoms with Crippen LogP contribution in [0, 0.1) is 0 Å². The van der Waals surface area contributed by atoms with E-state index in [4.69, 9.17) is 17.0 Å². The smallest absolute Gasteiger partial charge is 0.237 e. The van der Waals surface area contributed by atoms with Crippen molar-refractivity contribution in [1.29, 1.82) is 0 Å². The standard InChI is InChI=1S/C32H32N4O2S2/c1-4-30(31(37)33-22-17-18-28-25(20-22)24-13-6-8-15-27(24)36(28)5-2)40-23-12-10-11-21(19-23)34-32(39)35-26-14-7-9-16-29(26)38-3/h6-20,30H,4-5H2,1-3H3,(H,33,37)(H2,34,35,39). The second-order valence-electron chi connectivity index (χ2n) is 9.30. The van der Waals surface area contributed by atoms with Gasteiger partial charge in [-0.25, -0.2) is 0 Å². The monoisotopic (exact) mass is 568 g/mol. The van der Waals surface area contributed by atoms with E-state index in [0.29, 0.717) is 17.3 Å². The number of rotatable bonds is 9. The summed E-state index contributed by atoms with van der Waals surface area (Å²) in [4.78, 5) is 14.3. The molecule has 1 amide bonds. The molecule has 1 atom stereocenters. The van der Waals surface area contributed by atoms with Crippen LogP contribution in [-0.4, -0.2) is 27.9 Å². The summed E-state index contributed by atoms with van der Waals surface area (Å²) in [6.45, 7) is 5.07. The number of carbonyl (C=O) groups is 1. The molecule has 0 spiro atoms. The molecule has 0 fully saturated rings. The van der Waals surface area contributed by atoms with Gasteiger partial charge < -0.3 is 25.3 Å². The maximum Gasteiger partial charge on any atom is 0.237 e. The second-order valence-corrected chi connectivity index (χ2v) is 11.0. The van der Waals surface area contributed by atoms with E-state index >= 15 is 0 Å². The van der Waals surface area contributed by atoms with Crippen LogP contribution in [0.25, 0.3) is 21.8 Å². The van der Waals surface area contributed by atoms with Crippen molar-refractivity contribution in [3.63, 3.8) is 0 Å². The molecule has 0 aliphatic heterocycles. The third kappa shape index (κ3) is 5.93. The zero-order valence-corrected chi connectivity index (χ0v) is 24.4. The molecule has 5 rings (SSSR count). The lowest BCUT2D eigenvalue weighted by molar-refractivity contribution is -0.115. The third-order valence-corrected chi connectivity index (χ3v) is 8.31. The Morgan fingerprint density at radius 2 is 1.60 bits per heavy atom. The van der Waals surface area contributed by atoms with Crippen LogP contribution in [0.1, 0.15) is 20.3 Å². The number of aryl methyl sites for hydroxylation is 1. The molecule has 0 saturated carbocycles. The number of amides is 1. The van der Waals surface area contributed by atoms with Gasteiger partial charge in [0.2, 0.25) is 5.91 Å². The lowest BCUT2D eigenvalue weighted by Gasteiger charge is -2.16. The first-order valence-electron chi connectivity index (χ1n) is 13.3. The minimum Gasteiger partial charge on any atom is -0.495 e. The van der Waals surface area contributed by atoms with Gasteiger partial charge in [-0.2, -0.15) is 0 Å². The second kappa shape index (κ2) is 12.4. The van der Waals surface area contributed by atoms with Crippen molar-refractivity contribution in [3.8, 4) is 5.75 Å². The molecule has 5 aromatic rings. The Morgan fingerprint density at radius 1 is 0.850 bits per heavy atom. The van der Waals surface area contributed by atoms with Crippen LogP contribution in [0.5, 0.6) is 5.75 Å². The summed E-state index contributed by atoms with van der Waals surface area (Å²) in [5.74, 6) is 0.695. The molecule has 1 heterocycles. The number of thiocarbonyl (C=S) groups is 1. The molecular formula is C32H32N4O2S2. The van der Waals surface area contributed by atoms with E-state index in [1.54, 1.807) is 18.9 Å². The summed E-state index contributed by atoms with van der Waals surface area (Å²) >= 11 is 7.06. The fraction of sp³-hybridized carbons (Fsp3) is 0.188. The van der Waals surface area contributed by atoms with Crippen LogP contribution >= 0.6 is 24.0 Å². The number of carbonyl (C=O) groups excluding carboxylic acids is 1. The molecule has 0 aliphatic rings. The normalized spacial score (nSPS) is 11.8. The molecule has 3 N–H and O–H groups in total. The van der Waals surface area contributed by atoms with Crippen LogP contribution in [0.4, 0.5) is 17.1 Å². The van der Waals surface area contributed by atoms with E-state index in [0.717, 1.165) is 33.9 Å². The van der Waals surface area contributed by atoms with Gasteiger partial charge in [-0.1, -0.05) is 43.3 Å². The Hall–Kier alpha value is -4.01. The first-order chi connectivity index (χ1) is 19.5. The number of methoxy groups -OCH3 is 1. The average molecular weight is 569 g/mol. The van der Waals surface area contributed by atoms with Crippen LogP contribution in [0.3, 0.4) is 0 Å². The zero-order valence-electron chi connectivity index (χ0n) is 22.7. The number of nitrogens with one attached hydrogen (secondary N) is 3. The van der Waals surface area contributed by atoms with Crippen molar-refractivity contribution in [3.05, 3.63) is 91.0 Å². The third-order valence-electron chi connectivity index (χ3n) is 6.74. The minimum absolute atomic E-state index is 0.0159. The number of hydrogen-bond acceptors (Lipinski definition) is 4. The molecule has 8 heteroatoms. The fourth-order valence-corrected chi connectivity index (χ4v) is 6.10. The van der Waals surface area contributed by atoms with Gasteiger partial charge in [-0.15, -0.1) is 11.8 Å². The first-order valence-corrected chi connectivity index (χ1v) is 14.6. The fourth-order valence-electron chi connectivity index (χ4n) is 4.86. The Balaban J connectivity index is 1.27. The highest BCUT2D eigenvalue weighted by atomic mass is 32.2. The van der Waals surface area contributed by atoms with Crippen molar-refractivity contribution in [2.75, 3.05) is 23.1 Å². The molecule has 40 heavy (non-hydrogen) atoms. The van der Waals surface area contributed by atoms with Crippen molar-refractivity contribution in [2.45, 2.75) is 37.0 Å². The number of para-hydroxylation sites is 3. The topological polar surface area (TPSA) is 67.3 Å². The Labute approximate surface area is 244 Å². The van der Waals surface area contributed by atoms with Crippen molar-refractivity contribution in [2.24, 2.45) is 0 Å². The number of aromatic nitrogens is 1. The van der Waals surface area contributed by atoms with E-state index in [1.165, 1.54) is 16.4 Å². The van der Waals surface area contributed by atoms with Gasteiger partial charge in [-0.3, -0.25) is 4.79 Å². The van der Waals surface area contributed by atoms with Gasteiger partial charge in [0, 0.05) is 44.6 Å². The summed E-state index contributed by atoms with van der Waals surface area (Å²) < 4.78 is 7.70. The Bertz CT molecular complexity index is 1680. The van der Waals surface area contributed by atoms with Gasteiger partial charge in [-0.05, 0) is 80.2 Å². The van der Waals surface area contributed by atoms with Gasteiger partial charge in [0.1, 0.15) is 5.75 Å². The molecule has 6 nitrogen and oxygen atoms in total. The number of hydrogen-bond donors (Lipinski definition) is 3. The lowest BCUT2D eigenvalue weighted by atomic mass is 10.1. The van der Waals surface area contributed by atoms with Gasteiger partial charge in [0.25, 0.3) is 0 Å². The highest BCUT2D eigenvalue weighted by molar-refractivity contribution is 8.00. The summed E-state index contributed by atoms with van der Waals surface area (Å²) in [6.07, 6.45) is 0.694. The number of benzene rings is 4. The van der Waals surface area contributed by atoms with E-state index in [2.05, 4.69) is 63.8 Å². The first kappa shape index (κ1) is 27.6. The largest absolute Gasteiger partial charge is 0.495 e. The van der Waals surface area contributed by atoms with Crippen LogP contribution in [-0.2, 0) is 11.3 Å². The van der Waals surface area contributed by atoms with Gasteiger partial charge in [0.15, 0.2) is 5.11 Å². The molecule has 0 bridgehead atoms. The number of anilines is 3. The summed E-state index contributed by atoms with van der Waals surface area (Å²) in [5.41, 5.74) is 4.81. The molecule has 0 radical (unpaired) electrons. The van der Waals surface area contributed by atoms with Crippen molar-refractivity contribution in [1.82, 2.24) is 4.57 Å². The maximum absolute atomic E-state index is 13.3. The number of nitrogens with zero attached hydrogens (tertiary/aromatic N) is 1. The molecular weight excluding hydrogens is 537 g/mol. The summed E-state index contributed by atoms with van der Waals surface area (Å²) in [5, 5.41) is 12.1. The van der Waals surface area contributed by atoms with Gasteiger partial charge in [0.05, 0.1) is 18.0 Å². The Kier molecular flexibility index (Phi) is 8.57. The predicted octanol–water partition coefficient (Wildman–Crippen LogP) is 8.14. The van der Waals surface area contributed by atoms with Crippen LogP contribution in [0.15, 0.2) is 95.9 Å². The lowest BCUT2D eigenvalue weighted by Crippen LogP contribution is -2.24. The van der Waals surface area contributed by atoms with E-state index in [9.17, 15) is 4.79 Å². The summed E-state index contributed by atoms with van der Waals surface area (Å²) in [7, 11) is 1.63. The SMILES string of the molecule is CCC(Sc1cccc(NC(=S)Nc2ccccc2OC)c1)C(=O)Nc1ccc2c(c1)c1ccccc1n2CC. The zero-order chi connectivity index (χ0) is 28.1. The molecule has 1 aromatic heterocycles. The maximum atomic E-state index is 13.3. The number of thioether (sulfide) groups is 1. The van der Waals surface area contributed by atoms with E-state index in [-0.39, 0.29) is 11.2 Å².